The number of hydrogen-bond donors (Lipinski definition) is 2. The molecule has 1 aromatic heterocycles. The van der Waals surface area contributed by atoms with Crippen LogP contribution in [0.2, 0.25) is 5.02 Å². The molecule has 0 aliphatic rings. The fourth-order valence-corrected chi connectivity index (χ4v) is 2.11. The fourth-order valence-electron chi connectivity index (χ4n) is 1.19. The van der Waals surface area contributed by atoms with Crippen molar-refractivity contribution in [2.45, 2.75) is 0 Å². The lowest BCUT2D eigenvalue weighted by Crippen LogP contribution is -1.95. The maximum absolute atomic E-state index is 10.7. The normalized spacial score (nSPS) is 10.7. The minimum atomic E-state index is -1.02. The number of nitrogens with one attached hydrogen (secondary N) is 1. The van der Waals surface area contributed by atoms with Crippen molar-refractivity contribution in [2.24, 2.45) is 0 Å². The summed E-state index contributed by atoms with van der Waals surface area (Å²) in [5.74, 6) is -1.02. The van der Waals surface area contributed by atoms with Gasteiger partial charge >= 0.3 is 5.97 Å². The first kappa shape index (κ1) is 9.48. The number of hydrogen-bond acceptors (Lipinski definition) is 2. The van der Waals surface area contributed by atoms with Crippen molar-refractivity contribution in [3.63, 3.8) is 0 Å². The van der Waals surface area contributed by atoms with Gasteiger partial charge in [-0.25, -0.2) is 4.79 Å². The SMILES string of the molecule is O=C(O)c1cc(Cl)c2c(Br)[nH]nc2c1. The summed E-state index contributed by atoms with van der Waals surface area (Å²) < 4.78 is 0.648. The van der Waals surface area contributed by atoms with Crippen molar-refractivity contribution < 1.29 is 9.90 Å². The van der Waals surface area contributed by atoms with Gasteiger partial charge in [0, 0.05) is 0 Å². The first-order valence-corrected chi connectivity index (χ1v) is 4.83. The Morgan fingerprint density at radius 1 is 1.57 bits per heavy atom. The number of nitrogens with zero attached hydrogens (tertiary/aromatic N) is 1. The van der Waals surface area contributed by atoms with Crippen molar-refractivity contribution in [1.82, 2.24) is 10.2 Å². The minimum Gasteiger partial charge on any atom is -0.478 e. The molecule has 0 atom stereocenters. The Bertz CT molecular complexity index is 523. The van der Waals surface area contributed by atoms with E-state index >= 15 is 0 Å². The molecule has 0 aliphatic heterocycles. The summed E-state index contributed by atoms with van der Waals surface area (Å²) in [6, 6.07) is 2.86. The highest BCUT2D eigenvalue weighted by Crippen LogP contribution is 2.29. The highest BCUT2D eigenvalue weighted by atomic mass is 79.9. The van der Waals surface area contributed by atoms with Crippen molar-refractivity contribution in [3.05, 3.63) is 27.3 Å². The third-order valence-electron chi connectivity index (χ3n) is 1.81. The molecule has 0 saturated heterocycles. The lowest BCUT2D eigenvalue weighted by molar-refractivity contribution is 0.0697. The van der Waals surface area contributed by atoms with Gasteiger partial charge in [-0.05, 0) is 28.1 Å². The van der Waals surface area contributed by atoms with Gasteiger partial charge in [0.1, 0.15) is 4.60 Å². The molecule has 1 aromatic carbocycles. The van der Waals surface area contributed by atoms with Crippen LogP contribution in [0.25, 0.3) is 10.9 Å². The van der Waals surface area contributed by atoms with Gasteiger partial charge in [0.2, 0.25) is 0 Å². The molecule has 0 amide bonds. The predicted octanol–water partition coefficient (Wildman–Crippen LogP) is 2.68. The number of aromatic amines is 1. The van der Waals surface area contributed by atoms with E-state index < -0.39 is 5.97 Å². The van der Waals surface area contributed by atoms with Gasteiger partial charge in [0.15, 0.2) is 0 Å². The third kappa shape index (κ3) is 1.38. The van der Waals surface area contributed by atoms with Gasteiger partial charge in [-0.1, -0.05) is 11.6 Å². The number of H-pyrrole nitrogens is 1. The number of aromatic carboxylic acids is 1. The fraction of sp³-hybridized carbons (Fsp3) is 0. The monoisotopic (exact) mass is 274 g/mol. The van der Waals surface area contributed by atoms with Crippen molar-refractivity contribution in [2.75, 3.05) is 0 Å². The van der Waals surface area contributed by atoms with Crippen LogP contribution in [-0.4, -0.2) is 21.3 Å². The Labute approximate surface area is 92.0 Å². The van der Waals surface area contributed by atoms with Gasteiger partial charge in [0.25, 0.3) is 0 Å². The van der Waals surface area contributed by atoms with Crippen LogP contribution in [-0.2, 0) is 0 Å². The van der Waals surface area contributed by atoms with Crippen LogP contribution >= 0.6 is 27.5 Å². The average Bonchev–Trinajstić information content (AvgIpc) is 2.48. The zero-order chi connectivity index (χ0) is 10.3. The molecule has 2 rings (SSSR count). The molecule has 6 heteroatoms. The Balaban J connectivity index is 2.80. The van der Waals surface area contributed by atoms with Crippen LogP contribution in [0, 0.1) is 0 Å². The van der Waals surface area contributed by atoms with E-state index in [9.17, 15) is 4.79 Å². The molecule has 0 saturated carbocycles. The summed E-state index contributed by atoms with van der Waals surface area (Å²) in [6.45, 7) is 0. The Morgan fingerprint density at radius 2 is 2.29 bits per heavy atom. The topological polar surface area (TPSA) is 66.0 Å². The van der Waals surface area contributed by atoms with Crippen molar-refractivity contribution >= 4 is 44.4 Å². The summed E-state index contributed by atoms with van der Waals surface area (Å²) in [4.78, 5) is 10.7. The van der Waals surface area contributed by atoms with Crippen molar-refractivity contribution in [1.29, 1.82) is 0 Å². The molecular formula is C8H4BrClN2O2. The lowest BCUT2D eigenvalue weighted by atomic mass is 10.2. The molecule has 72 valence electrons. The number of aromatic nitrogens is 2. The molecule has 0 bridgehead atoms. The summed E-state index contributed by atoms with van der Waals surface area (Å²) in [6.07, 6.45) is 0. The molecule has 1 heterocycles. The van der Waals surface area contributed by atoms with E-state index in [4.69, 9.17) is 16.7 Å². The van der Waals surface area contributed by atoms with E-state index in [1.165, 1.54) is 12.1 Å². The molecule has 2 aromatic rings. The Kier molecular flexibility index (Phi) is 2.20. The van der Waals surface area contributed by atoms with E-state index in [-0.39, 0.29) is 5.56 Å². The van der Waals surface area contributed by atoms with Gasteiger partial charge in [-0.15, -0.1) is 0 Å². The second-order valence-corrected chi connectivity index (χ2v) is 3.90. The zero-order valence-electron chi connectivity index (χ0n) is 6.71. The maximum Gasteiger partial charge on any atom is 0.335 e. The van der Waals surface area contributed by atoms with Gasteiger partial charge < -0.3 is 5.11 Å². The van der Waals surface area contributed by atoms with E-state index in [1.807, 2.05) is 0 Å². The molecule has 0 fully saturated rings. The van der Waals surface area contributed by atoms with Gasteiger partial charge in [-0.3, -0.25) is 5.10 Å². The highest BCUT2D eigenvalue weighted by molar-refractivity contribution is 9.10. The van der Waals surface area contributed by atoms with E-state index in [0.717, 1.165) is 0 Å². The first-order valence-electron chi connectivity index (χ1n) is 3.66. The molecule has 0 radical (unpaired) electrons. The molecule has 0 aliphatic carbocycles. The van der Waals surface area contributed by atoms with Crippen LogP contribution in [0.3, 0.4) is 0 Å². The zero-order valence-corrected chi connectivity index (χ0v) is 9.06. The van der Waals surface area contributed by atoms with Crippen LogP contribution in [0.5, 0.6) is 0 Å². The second kappa shape index (κ2) is 3.25. The summed E-state index contributed by atoms with van der Waals surface area (Å²) in [5.41, 5.74) is 0.656. The van der Waals surface area contributed by atoms with Crippen LogP contribution in [0.15, 0.2) is 16.7 Å². The Hall–Kier alpha value is -1.07. The number of rotatable bonds is 1. The number of carboxylic acid groups (broad SMARTS) is 1. The molecule has 14 heavy (non-hydrogen) atoms. The van der Waals surface area contributed by atoms with Crippen molar-refractivity contribution in [3.8, 4) is 0 Å². The second-order valence-electron chi connectivity index (χ2n) is 2.69. The third-order valence-corrected chi connectivity index (χ3v) is 2.68. The first-order chi connectivity index (χ1) is 6.59. The minimum absolute atomic E-state index is 0.126. The van der Waals surface area contributed by atoms with Crippen LogP contribution < -0.4 is 0 Å². The highest BCUT2D eigenvalue weighted by Gasteiger charge is 2.12. The standard InChI is InChI=1S/C8H4BrClN2O2/c9-7-6-4(10)1-3(8(13)14)2-5(6)11-12-7/h1-2H,(H,11,12)(H,13,14). The van der Waals surface area contributed by atoms with E-state index in [1.54, 1.807) is 0 Å². The smallest absolute Gasteiger partial charge is 0.335 e. The van der Waals surface area contributed by atoms with Crippen LogP contribution in [0.1, 0.15) is 10.4 Å². The van der Waals surface area contributed by atoms with E-state index in [0.29, 0.717) is 20.5 Å². The summed E-state index contributed by atoms with van der Waals surface area (Å²) in [5, 5.41) is 16.4. The molecule has 0 unspecified atom stereocenters. The quantitative estimate of drug-likeness (QED) is 0.841. The number of benzene rings is 1. The average molecular weight is 275 g/mol. The lowest BCUT2D eigenvalue weighted by Gasteiger charge is -1.97. The molecule has 2 N–H and O–H groups in total. The number of fused-ring (bicyclic) bond motifs is 1. The predicted molar refractivity (Wildman–Crippen MR) is 55.8 cm³/mol. The molecular weight excluding hydrogens is 271 g/mol. The van der Waals surface area contributed by atoms with Crippen LogP contribution in [0.4, 0.5) is 0 Å². The largest absolute Gasteiger partial charge is 0.478 e. The molecule has 4 nitrogen and oxygen atoms in total. The number of carbonyl (C=O) groups is 1. The number of halogens is 2. The molecule has 0 spiro atoms. The van der Waals surface area contributed by atoms with Gasteiger partial charge in [-0.2, -0.15) is 5.10 Å². The number of carboxylic acids is 1. The van der Waals surface area contributed by atoms with Gasteiger partial charge in [0.05, 0.1) is 21.5 Å². The Morgan fingerprint density at radius 3 is 2.93 bits per heavy atom. The summed E-state index contributed by atoms with van der Waals surface area (Å²) in [7, 11) is 0. The van der Waals surface area contributed by atoms with E-state index in [2.05, 4.69) is 26.1 Å². The maximum atomic E-state index is 10.7. The summed E-state index contributed by atoms with van der Waals surface area (Å²) >= 11 is 9.13.